The zero-order chi connectivity index (χ0) is 15.7. The summed E-state index contributed by atoms with van der Waals surface area (Å²) in [7, 11) is 0. The van der Waals surface area contributed by atoms with Crippen LogP contribution in [-0.4, -0.2) is 29.5 Å². The summed E-state index contributed by atoms with van der Waals surface area (Å²) in [6, 6.07) is 6.82. The van der Waals surface area contributed by atoms with Crippen molar-refractivity contribution in [2.75, 3.05) is 6.54 Å². The number of pyridine rings is 1. The predicted octanol–water partition coefficient (Wildman–Crippen LogP) is 3.40. The van der Waals surface area contributed by atoms with Gasteiger partial charge in [0.05, 0.1) is 16.8 Å². The zero-order valence-corrected chi connectivity index (χ0v) is 15.3. The van der Waals surface area contributed by atoms with Crippen LogP contribution in [0, 0.1) is 12.7 Å². The van der Waals surface area contributed by atoms with Crippen LogP contribution in [0.15, 0.2) is 24.3 Å². The molecular formula is C17H22Cl2FN3O. The number of hydrogen-bond acceptors (Lipinski definition) is 3. The Kier molecular flexibility index (Phi) is 7.39. The number of benzene rings is 1. The van der Waals surface area contributed by atoms with Gasteiger partial charge in [-0.2, -0.15) is 0 Å². The lowest BCUT2D eigenvalue weighted by Gasteiger charge is -2.28. The molecule has 1 aromatic heterocycles. The number of halogens is 3. The number of carbonyl (C=O) groups is 1. The molecule has 1 aliphatic rings. The molecule has 132 valence electrons. The maximum atomic E-state index is 13.2. The number of nitrogens with one attached hydrogen (secondary N) is 2. The Balaban J connectivity index is 0.00000144. The van der Waals surface area contributed by atoms with Gasteiger partial charge in [0.15, 0.2) is 0 Å². The van der Waals surface area contributed by atoms with Crippen molar-refractivity contribution in [1.82, 2.24) is 15.6 Å². The third-order valence-corrected chi connectivity index (χ3v) is 4.17. The third-order valence-electron chi connectivity index (χ3n) is 4.17. The van der Waals surface area contributed by atoms with Crippen molar-refractivity contribution >= 4 is 41.6 Å². The molecule has 1 saturated heterocycles. The number of rotatable bonds is 2. The second-order valence-corrected chi connectivity index (χ2v) is 6.01. The summed E-state index contributed by atoms with van der Waals surface area (Å²) in [5, 5.41) is 7.23. The maximum Gasteiger partial charge on any atom is 0.253 e. The number of nitrogens with zero attached hydrogens (tertiary/aromatic N) is 1. The van der Waals surface area contributed by atoms with E-state index in [1.165, 1.54) is 12.1 Å². The van der Waals surface area contributed by atoms with Crippen LogP contribution in [0.4, 0.5) is 4.39 Å². The number of carbonyl (C=O) groups excluding carboxylic acids is 1. The fourth-order valence-electron chi connectivity index (χ4n) is 2.99. The first-order valence-electron chi connectivity index (χ1n) is 7.64. The van der Waals surface area contributed by atoms with Crippen LogP contribution in [0.5, 0.6) is 0 Å². The largest absolute Gasteiger partial charge is 0.349 e. The molecule has 0 aliphatic carbocycles. The van der Waals surface area contributed by atoms with Crippen LogP contribution < -0.4 is 10.6 Å². The molecule has 1 amide bonds. The van der Waals surface area contributed by atoms with Gasteiger partial charge >= 0.3 is 0 Å². The Hall–Kier alpha value is -1.43. The minimum Gasteiger partial charge on any atom is -0.349 e. The highest BCUT2D eigenvalue weighted by Crippen LogP contribution is 2.18. The van der Waals surface area contributed by atoms with Crippen LogP contribution in [0.25, 0.3) is 10.9 Å². The number of amides is 1. The third kappa shape index (κ3) is 4.56. The van der Waals surface area contributed by atoms with Gasteiger partial charge in [-0.25, -0.2) is 4.39 Å². The lowest BCUT2D eigenvalue weighted by atomic mass is 10.00. The minimum atomic E-state index is -0.319. The summed E-state index contributed by atoms with van der Waals surface area (Å²) in [4.78, 5) is 16.9. The molecule has 2 N–H and O–H groups in total. The number of piperidine rings is 1. The quantitative estimate of drug-likeness (QED) is 0.847. The van der Waals surface area contributed by atoms with E-state index in [4.69, 9.17) is 0 Å². The first kappa shape index (κ1) is 20.6. The highest BCUT2D eigenvalue weighted by molar-refractivity contribution is 5.98. The second-order valence-electron chi connectivity index (χ2n) is 6.01. The van der Waals surface area contributed by atoms with Gasteiger partial charge in [-0.3, -0.25) is 9.78 Å². The maximum absolute atomic E-state index is 13.2. The Morgan fingerprint density at radius 3 is 2.79 bits per heavy atom. The van der Waals surface area contributed by atoms with Crippen LogP contribution >= 0.6 is 24.8 Å². The molecule has 0 spiro atoms. The predicted molar refractivity (Wildman–Crippen MR) is 98.9 cm³/mol. The Bertz CT molecular complexity index is 726. The van der Waals surface area contributed by atoms with Gasteiger partial charge in [-0.15, -0.1) is 24.8 Å². The van der Waals surface area contributed by atoms with Gasteiger partial charge in [-0.05, 0) is 51.4 Å². The minimum absolute atomic E-state index is 0. The average molecular weight is 374 g/mol. The topological polar surface area (TPSA) is 54.0 Å². The molecule has 0 radical (unpaired) electrons. The van der Waals surface area contributed by atoms with E-state index in [0.29, 0.717) is 22.8 Å². The van der Waals surface area contributed by atoms with Crippen LogP contribution in [0.2, 0.25) is 0 Å². The van der Waals surface area contributed by atoms with Crippen molar-refractivity contribution in [3.8, 4) is 0 Å². The Morgan fingerprint density at radius 2 is 2.08 bits per heavy atom. The van der Waals surface area contributed by atoms with Gasteiger partial charge < -0.3 is 10.6 Å². The van der Waals surface area contributed by atoms with Crippen molar-refractivity contribution in [1.29, 1.82) is 0 Å². The highest BCUT2D eigenvalue weighted by Gasteiger charge is 2.21. The van der Waals surface area contributed by atoms with Gasteiger partial charge in [0.25, 0.3) is 5.91 Å². The lowest BCUT2D eigenvalue weighted by molar-refractivity contribution is 0.0925. The fourth-order valence-corrected chi connectivity index (χ4v) is 2.99. The highest BCUT2D eigenvalue weighted by atomic mass is 35.5. The smallest absolute Gasteiger partial charge is 0.253 e. The van der Waals surface area contributed by atoms with E-state index >= 15 is 0 Å². The van der Waals surface area contributed by atoms with Gasteiger partial charge in [-0.1, -0.05) is 0 Å². The van der Waals surface area contributed by atoms with Crippen molar-refractivity contribution in [3.63, 3.8) is 0 Å². The van der Waals surface area contributed by atoms with Crippen LogP contribution in [0.3, 0.4) is 0 Å². The van der Waals surface area contributed by atoms with E-state index < -0.39 is 0 Å². The number of aromatic nitrogens is 1. The monoisotopic (exact) mass is 373 g/mol. The van der Waals surface area contributed by atoms with Gasteiger partial charge in [0.1, 0.15) is 5.82 Å². The first-order valence-corrected chi connectivity index (χ1v) is 7.64. The zero-order valence-electron chi connectivity index (χ0n) is 13.6. The molecule has 7 heteroatoms. The molecule has 2 heterocycles. The fraction of sp³-hybridized carbons (Fsp3) is 0.412. The van der Waals surface area contributed by atoms with Crippen LogP contribution in [0.1, 0.15) is 35.8 Å². The molecule has 3 rings (SSSR count). The molecule has 2 atom stereocenters. The average Bonchev–Trinajstić information content (AvgIpc) is 2.46. The van der Waals surface area contributed by atoms with Crippen molar-refractivity contribution in [2.24, 2.45) is 0 Å². The summed E-state index contributed by atoms with van der Waals surface area (Å²) >= 11 is 0. The van der Waals surface area contributed by atoms with Crippen molar-refractivity contribution < 1.29 is 9.18 Å². The van der Waals surface area contributed by atoms with E-state index in [9.17, 15) is 9.18 Å². The van der Waals surface area contributed by atoms with Gasteiger partial charge in [0, 0.05) is 23.5 Å². The molecule has 4 nitrogen and oxygen atoms in total. The number of aryl methyl sites for hydroxylation is 1. The molecule has 24 heavy (non-hydrogen) atoms. The van der Waals surface area contributed by atoms with E-state index in [0.717, 1.165) is 24.8 Å². The van der Waals surface area contributed by atoms with Gasteiger partial charge in [0.2, 0.25) is 0 Å². The summed E-state index contributed by atoms with van der Waals surface area (Å²) < 4.78 is 13.2. The molecule has 1 aliphatic heterocycles. The standard InChI is InChI=1S/C17H20FN3O.2ClH/c1-10-7-14(5-6-19-10)21-17(22)15-8-12-3-4-13(18)9-16(12)20-11(15)2;;/h3-4,8-10,14,19H,5-7H2,1-2H3,(H,21,22);2*1H. The van der Waals surface area contributed by atoms with E-state index in [1.807, 2.05) is 0 Å². The van der Waals surface area contributed by atoms with E-state index in [-0.39, 0.29) is 42.6 Å². The molecule has 2 aromatic rings. The Morgan fingerprint density at radius 1 is 1.33 bits per heavy atom. The lowest BCUT2D eigenvalue weighted by Crippen LogP contribution is -2.46. The molecule has 0 saturated carbocycles. The van der Waals surface area contributed by atoms with E-state index in [1.54, 1.807) is 19.1 Å². The van der Waals surface area contributed by atoms with E-state index in [2.05, 4.69) is 22.5 Å². The number of hydrogen-bond donors (Lipinski definition) is 2. The molecule has 0 bridgehead atoms. The summed E-state index contributed by atoms with van der Waals surface area (Å²) in [6.07, 6.45) is 1.86. The summed E-state index contributed by atoms with van der Waals surface area (Å²) in [5.74, 6) is -0.421. The second kappa shape index (κ2) is 8.60. The summed E-state index contributed by atoms with van der Waals surface area (Å²) in [6.45, 7) is 4.82. The first-order chi connectivity index (χ1) is 10.5. The Labute approximate surface area is 153 Å². The molecule has 1 aromatic carbocycles. The SMILES string of the molecule is Cc1nc2cc(F)ccc2cc1C(=O)NC1CCNC(C)C1.Cl.Cl. The molecule has 2 unspecified atom stereocenters. The van der Waals surface area contributed by atoms with Crippen molar-refractivity contribution in [2.45, 2.75) is 38.8 Å². The number of fused-ring (bicyclic) bond motifs is 1. The van der Waals surface area contributed by atoms with Crippen LogP contribution in [-0.2, 0) is 0 Å². The summed E-state index contributed by atoms with van der Waals surface area (Å²) in [5.41, 5.74) is 1.76. The molecular weight excluding hydrogens is 352 g/mol. The normalized spacial score (nSPS) is 20.0. The molecule has 1 fully saturated rings. The van der Waals surface area contributed by atoms with Crippen molar-refractivity contribution in [3.05, 3.63) is 41.3 Å².